The highest BCUT2D eigenvalue weighted by molar-refractivity contribution is 5.90. The van der Waals surface area contributed by atoms with Crippen molar-refractivity contribution >= 4 is 46.9 Å². The number of methoxy groups -OCH3 is 3. The zero-order chi connectivity index (χ0) is 40.2. The molecule has 2 aromatic carbocycles. The molecule has 10 atom stereocenters. The first-order valence-electron chi connectivity index (χ1n) is 20.4. The minimum Gasteiger partial charge on any atom is -0.496 e. The predicted molar refractivity (Wildman–Crippen MR) is 221 cm³/mol. The van der Waals surface area contributed by atoms with Crippen LogP contribution in [0.1, 0.15) is 74.3 Å². The number of carbonyl (C=O) groups excluding carboxylic acids is 3. The molecule has 1 spiro atoms. The van der Waals surface area contributed by atoms with E-state index in [0.29, 0.717) is 38.2 Å². The van der Waals surface area contributed by atoms with Crippen molar-refractivity contribution in [2.75, 3.05) is 59.5 Å². The summed E-state index contributed by atoms with van der Waals surface area (Å²) in [6.07, 6.45) is 7.32. The van der Waals surface area contributed by atoms with Gasteiger partial charge in [-0.1, -0.05) is 55.8 Å². The standard InChI is InChI=1S/C45H54N4O8.ClH/c1-8-26-19-27-23-48(22-26)24-30-28-13-10-11-14-32(28)46-37(30)36(38(51)55-6)35(27)29-20-31-33(21-34(29)54-5)47(4)40-44(31)16-18-49-17-12-15-43(9-2,39(44)49)41(57-25(3)50)45(40,53)42(52)56-7;/h10-15,19-21,27,35-36,39-41,46,53H,8-9,16-18,22-24H2,1-7H3;1H/t27-,35-,36-,39+,40?,41-,43?,44-,45+;/m1./s1. The number of rotatable bonds is 7. The van der Waals surface area contributed by atoms with E-state index in [-0.39, 0.29) is 30.3 Å². The second-order valence-corrected chi connectivity index (χ2v) is 17.1. The number of halogens is 1. The molecule has 6 heterocycles. The first-order valence-corrected chi connectivity index (χ1v) is 20.4. The van der Waals surface area contributed by atoms with E-state index in [0.717, 1.165) is 58.5 Å². The summed E-state index contributed by atoms with van der Waals surface area (Å²) in [6.45, 7) is 9.22. The fourth-order valence-electron chi connectivity index (χ4n) is 12.8. The van der Waals surface area contributed by atoms with Crippen LogP contribution in [0.3, 0.4) is 0 Å². The van der Waals surface area contributed by atoms with Crippen molar-refractivity contribution in [2.24, 2.45) is 11.3 Å². The van der Waals surface area contributed by atoms with Gasteiger partial charge in [-0.25, -0.2) is 4.79 Å². The Kier molecular flexibility index (Phi) is 10.1. The fourth-order valence-corrected chi connectivity index (χ4v) is 12.8. The van der Waals surface area contributed by atoms with Crippen molar-refractivity contribution in [1.29, 1.82) is 0 Å². The summed E-state index contributed by atoms with van der Waals surface area (Å²) in [7, 11) is 6.29. The van der Waals surface area contributed by atoms with E-state index < -0.39 is 52.4 Å². The van der Waals surface area contributed by atoms with Gasteiger partial charge in [-0.05, 0) is 60.5 Å². The van der Waals surface area contributed by atoms with Crippen LogP contribution < -0.4 is 9.64 Å². The second-order valence-electron chi connectivity index (χ2n) is 17.1. The van der Waals surface area contributed by atoms with Gasteiger partial charge in [0.15, 0.2) is 6.10 Å². The molecule has 58 heavy (non-hydrogen) atoms. The number of benzene rings is 2. The number of para-hydroxylation sites is 1. The van der Waals surface area contributed by atoms with Crippen molar-refractivity contribution in [3.63, 3.8) is 0 Å². The van der Waals surface area contributed by atoms with Crippen LogP contribution in [-0.4, -0.2) is 116 Å². The number of carbonyl (C=O) groups is 3. The SMILES string of the molecule is CCC1=C[C@@H]2CN(C1)Cc1c([nH]c3ccccc13)[C@H](C(=O)OC)[C@H]2c1cc2c(cc1OC)N(C)C1[C@]23CCN2CC=CC(CC)([C@@H](OC(C)=O)[C@]1(O)C(=O)OC)[C@H]23.Cl. The van der Waals surface area contributed by atoms with Crippen LogP contribution in [-0.2, 0) is 40.6 Å². The van der Waals surface area contributed by atoms with Gasteiger partial charge in [-0.3, -0.25) is 19.4 Å². The van der Waals surface area contributed by atoms with E-state index in [2.05, 4.69) is 58.1 Å². The summed E-state index contributed by atoms with van der Waals surface area (Å²) in [6, 6.07) is 11.4. The number of nitrogens with zero attached hydrogens (tertiary/aromatic N) is 3. The Balaban J connectivity index is 0.00000469. The van der Waals surface area contributed by atoms with Gasteiger partial charge in [0.2, 0.25) is 5.60 Å². The van der Waals surface area contributed by atoms with Gasteiger partial charge in [0.1, 0.15) is 11.7 Å². The Hall–Kier alpha value is -4.36. The quantitative estimate of drug-likeness (QED) is 0.181. The molecule has 1 aromatic heterocycles. The van der Waals surface area contributed by atoms with Crippen LogP contribution >= 0.6 is 12.4 Å². The Morgan fingerprint density at radius 1 is 1.03 bits per heavy atom. The molecule has 1 aliphatic carbocycles. The largest absolute Gasteiger partial charge is 0.496 e. The Morgan fingerprint density at radius 3 is 2.50 bits per heavy atom. The third-order valence-electron chi connectivity index (χ3n) is 14.7. The van der Waals surface area contributed by atoms with E-state index in [1.165, 1.54) is 26.7 Å². The van der Waals surface area contributed by atoms with Crippen molar-refractivity contribution in [3.05, 3.63) is 82.6 Å². The van der Waals surface area contributed by atoms with Crippen LogP contribution in [0, 0.1) is 11.3 Å². The summed E-state index contributed by atoms with van der Waals surface area (Å²) in [5.74, 6) is -2.33. The number of ether oxygens (including phenoxy) is 4. The van der Waals surface area contributed by atoms with Gasteiger partial charge in [-0.15, -0.1) is 12.4 Å². The number of likely N-dealkylation sites (N-methyl/N-ethyl adjacent to an activating group) is 1. The van der Waals surface area contributed by atoms with Crippen molar-refractivity contribution < 1.29 is 38.4 Å². The molecular formula is C45H55ClN4O8. The van der Waals surface area contributed by atoms with E-state index in [4.69, 9.17) is 18.9 Å². The van der Waals surface area contributed by atoms with E-state index in [9.17, 15) is 19.5 Å². The van der Waals surface area contributed by atoms with E-state index in [1.54, 1.807) is 7.11 Å². The van der Waals surface area contributed by atoms with Crippen molar-refractivity contribution in [1.82, 2.24) is 14.8 Å². The Bertz CT molecular complexity index is 2240. The number of esters is 3. The molecule has 5 aliphatic heterocycles. The van der Waals surface area contributed by atoms with Crippen LogP contribution in [0.15, 0.2) is 60.2 Å². The van der Waals surface area contributed by atoms with E-state index in [1.807, 2.05) is 37.1 Å². The highest BCUT2D eigenvalue weighted by atomic mass is 35.5. The number of aromatic amines is 1. The van der Waals surface area contributed by atoms with Crippen LogP contribution in [0.25, 0.3) is 10.9 Å². The molecule has 2 fully saturated rings. The molecule has 1 saturated carbocycles. The lowest BCUT2D eigenvalue weighted by Gasteiger charge is -2.63. The highest BCUT2D eigenvalue weighted by Crippen LogP contribution is 2.68. The van der Waals surface area contributed by atoms with Gasteiger partial charge < -0.3 is 33.9 Å². The lowest BCUT2D eigenvalue weighted by Crippen LogP contribution is -2.81. The molecule has 1 saturated heterocycles. The summed E-state index contributed by atoms with van der Waals surface area (Å²) < 4.78 is 23.7. The topological polar surface area (TPSA) is 134 Å². The lowest BCUT2D eigenvalue weighted by atomic mass is 9.47. The van der Waals surface area contributed by atoms with Gasteiger partial charge >= 0.3 is 17.9 Å². The number of aliphatic hydroxyl groups is 1. The molecule has 0 amide bonds. The van der Waals surface area contributed by atoms with Gasteiger partial charge in [-0.2, -0.15) is 0 Å². The third-order valence-corrected chi connectivity index (χ3v) is 14.7. The third kappa shape index (κ3) is 5.26. The van der Waals surface area contributed by atoms with Crippen molar-refractivity contribution in [2.45, 2.75) is 87.6 Å². The van der Waals surface area contributed by atoms with Crippen molar-refractivity contribution in [3.8, 4) is 5.75 Å². The number of anilines is 1. The van der Waals surface area contributed by atoms with Crippen LogP contribution in [0.2, 0.25) is 0 Å². The number of hydrogen-bond acceptors (Lipinski definition) is 11. The zero-order valence-corrected chi connectivity index (χ0v) is 35.2. The minimum atomic E-state index is -2.25. The van der Waals surface area contributed by atoms with Crippen LogP contribution in [0.5, 0.6) is 5.75 Å². The number of fused-ring (bicyclic) bond motifs is 6. The molecule has 9 rings (SSSR count). The normalized spacial score (nSPS) is 34.3. The average molecular weight is 815 g/mol. The average Bonchev–Trinajstić information content (AvgIpc) is 3.86. The monoisotopic (exact) mass is 814 g/mol. The second kappa shape index (κ2) is 14.4. The fraction of sp³-hybridized carbons (Fsp3) is 0.533. The molecule has 2 N–H and O–H groups in total. The van der Waals surface area contributed by atoms with E-state index >= 15 is 0 Å². The predicted octanol–water partition coefficient (Wildman–Crippen LogP) is 5.37. The number of aromatic nitrogens is 1. The summed E-state index contributed by atoms with van der Waals surface area (Å²) in [5, 5.41) is 14.4. The lowest BCUT2D eigenvalue weighted by molar-refractivity contribution is -0.228. The summed E-state index contributed by atoms with van der Waals surface area (Å²) in [4.78, 5) is 52.4. The smallest absolute Gasteiger partial charge is 0.344 e. The zero-order valence-electron chi connectivity index (χ0n) is 34.4. The molecule has 6 aliphatic rings. The molecule has 310 valence electrons. The van der Waals surface area contributed by atoms with Gasteiger partial charge in [0.05, 0.1) is 27.4 Å². The van der Waals surface area contributed by atoms with Crippen LogP contribution in [0.4, 0.5) is 5.69 Å². The molecule has 0 radical (unpaired) electrons. The van der Waals surface area contributed by atoms with Gasteiger partial charge in [0.25, 0.3) is 0 Å². The minimum absolute atomic E-state index is 0. The maximum atomic E-state index is 14.5. The molecular weight excluding hydrogens is 760 g/mol. The molecule has 3 aromatic rings. The van der Waals surface area contributed by atoms with Gasteiger partial charge in [0, 0.05) is 91.3 Å². The maximum Gasteiger partial charge on any atom is 0.344 e. The number of hydrogen-bond donors (Lipinski definition) is 2. The first-order chi connectivity index (χ1) is 27.4. The Labute approximate surface area is 345 Å². The summed E-state index contributed by atoms with van der Waals surface area (Å²) in [5.41, 5.74) is 2.91. The summed E-state index contributed by atoms with van der Waals surface area (Å²) >= 11 is 0. The maximum absolute atomic E-state index is 14.5. The first kappa shape index (κ1) is 40.4. The molecule has 2 bridgehead atoms. The number of nitrogens with one attached hydrogen (secondary N) is 1. The highest BCUT2D eigenvalue weighted by Gasteiger charge is 2.80. The number of H-pyrrole nitrogens is 1. The molecule has 12 nitrogen and oxygen atoms in total. The molecule has 13 heteroatoms. The Morgan fingerprint density at radius 2 is 1.81 bits per heavy atom. The molecule has 3 unspecified atom stereocenters.